The lowest BCUT2D eigenvalue weighted by molar-refractivity contribution is -0.115. The van der Waals surface area contributed by atoms with Crippen molar-refractivity contribution in [2.45, 2.75) is 24.2 Å². The van der Waals surface area contributed by atoms with Gasteiger partial charge in [0.15, 0.2) is 9.84 Å². The van der Waals surface area contributed by atoms with E-state index in [0.717, 1.165) is 17.5 Å². The number of sulfone groups is 1. The molecule has 1 aliphatic rings. The lowest BCUT2D eigenvalue weighted by atomic mass is 10.0. The summed E-state index contributed by atoms with van der Waals surface area (Å²) in [5.74, 6) is 0.0109. The monoisotopic (exact) mass is 340 g/mol. The third-order valence-electron chi connectivity index (χ3n) is 3.98. The Morgan fingerprint density at radius 1 is 1.17 bits per heavy atom. The Morgan fingerprint density at radius 2 is 1.92 bits per heavy atom. The Labute approximate surface area is 140 Å². The first-order chi connectivity index (χ1) is 11.5. The lowest BCUT2D eigenvalue weighted by Crippen LogP contribution is -2.18. The molecule has 0 fully saturated rings. The van der Waals surface area contributed by atoms with Crippen molar-refractivity contribution in [2.24, 2.45) is 0 Å². The average Bonchev–Trinajstić information content (AvgIpc) is 2.55. The third-order valence-corrected chi connectivity index (χ3v) is 5.88. The molecule has 24 heavy (non-hydrogen) atoms. The van der Waals surface area contributed by atoms with E-state index in [4.69, 9.17) is 5.26 Å². The number of aryl methyl sites for hydroxylation is 1. The van der Waals surface area contributed by atoms with Crippen molar-refractivity contribution >= 4 is 21.4 Å². The molecule has 1 N–H and O–H groups in total. The number of benzene rings is 2. The average molecular weight is 340 g/mol. The zero-order valence-electron chi connectivity index (χ0n) is 13.0. The molecule has 0 saturated carbocycles. The molecule has 2 aromatic rings. The topological polar surface area (TPSA) is 87.0 Å². The third kappa shape index (κ3) is 3.47. The van der Waals surface area contributed by atoms with Crippen LogP contribution in [0.1, 0.15) is 23.1 Å². The highest BCUT2D eigenvalue weighted by Crippen LogP contribution is 2.26. The molecule has 122 valence electrons. The number of fused-ring (bicyclic) bond motifs is 1. The second-order valence-corrected chi connectivity index (χ2v) is 7.86. The molecular formula is C18H16N2O3S. The van der Waals surface area contributed by atoms with E-state index < -0.39 is 9.84 Å². The van der Waals surface area contributed by atoms with Crippen molar-refractivity contribution in [3.05, 3.63) is 59.2 Å². The van der Waals surface area contributed by atoms with Gasteiger partial charge in [-0.2, -0.15) is 5.26 Å². The number of nitrogens with zero attached hydrogens (tertiary/aromatic N) is 1. The van der Waals surface area contributed by atoms with Gasteiger partial charge in [-0.25, -0.2) is 8.42 Å². The van der Waals surface area contributed by atoms with Crippen LogP contribution < -0.4 is 5.32 Å². The van der Waals surface area contributed by atoms with Crippen LogP contribution in [0.25, 0.3) is 0 Å². The molecule has 1 aliphatic heterocycles. The number of nitriles is 1. The maximum atomic E-state index is 12.1. The summed E-state index contributed by atoms with van der Waals surface area (Å²) in [4.78, 5) is 12.5. The van der Waals surface area contributed by atoms with Gasteiger partial charge in [0.1, 0.15) is 0 Å². The van der Waals surface area contributed by atoms with Crippen molar-refractivity contribution < 1.29 is 13.2 Å². The van der Waals surface area contributed by atoms with Crippen LogP contribution in [0.15, 0.2) is 47.4 Å². The second kappa shape index (κ2) is 6.46. The van der Waals surface area contributed by atoms with Gasteiger partial charge in [-0.15, -0.1) is 0 Å². The van der Waals surface area contributed by atoms with Crippen molar-refractivity contribution in [1.29, 1.82) is 5.26 Å². The van der Waals surface area contributed by atoms with Gasteiger partial charge in [0, 0.05) is 5.69 Å². The second-order valence-electron chi connectivity index (χ2n) is 5.78. The van der Waals surface area contributed by atoms with Gasteiger partial charge in [-0.1, -0.05) is 12.1 Å². The SMILES string of the molecule is N#Cc1ccc(NC(=O)Cc2ccc3c(c2)CCCS3(=O)=O)cc1. The molecule has 2 aromatic carbocycles. The van der Waals surface area contributed by atoms with E-state index >= 15 is 0 Å². The first kappa shape index (κ1) is 16.2. The maximum absolute atomic E-state index is 12.1. The fourth-order valence-corrected chi connectivity index (χ4v) is 4.40. The van der Waals surface area contributed by atoms with Crippen LogP contribution in [0.5, 0.6) is 0 Å². The number of amides is 1. The van der Waals surface area contributed by atoms with Gasteiger partial charge >= 0.3 is 0 Å². The number of carbonyl (C=O) groups is 1. The fourth-order valence-electron chi connectivity index (χ4n) is 2.82. The van der Waals surface area contributed by atoms with Gasteiger partial charge in [-0.05, 0) is 54.3 Å². The smallest absolute Gasteiger partial charge is 0.228 e. The Kier molecular flexibility index (Phi) is 4.36. The summed E-state index contributed by atoms with van der Waals surface area (Å²) in [6, 6.07) is 13.8. The minimum atomic E-state index is -3.17. The number of hydrogen-bond donors (Lipinski definition) is 1. The van der Waals surface area contributed by atoms with Crippen LogP contribution in [0, 0.1) is 11.3 Å². The largest absolute Gasteiger partial charge is 0.326 e. The quantitative estimate of drug-likeness (QED) is 0.930. The van der Waals surface area contributed by atoms with Crippen LogP contribution in [0.4, 0.5) is 5.69 Å². The standard InChI is InChI=1S/C18H16N2O3S/c19-12-13-3-6-16(7-4-13)20-18(21)11-14-5-8-17-15(10-14)2-1-9-24(17,22)23/h3-8,10H,1-2,9,11H2,(H,20,21). The van der Waals surface area contributed by atoms with Crippen LogP contribution in [0.3, 0.4) is 0 Å². The van der Waals surface area contributed by atoms with Crippen molar-refractivity contribution in [3.63, 3.8) is 0 Å². The predicted octanol–water partition coefficient (Wildman–Crippen LogP) is 2.46. The number of anilines is 1. The highest BCUT2D eigenvalue weighted by atomic mass is 32.2. The number of rotatable bonds is 3. The molecular weight excluding hydrogens is 324 g/mol. The number of hydrogen-bond acceptors (Lipinski definition) is 4. The lowest BCUT2D eigenvalue weighted by Gasteiger charge is -2.17. The fraction of sp³-hybridized carbons (Fsp3) is 0.222. The molecule has 1 amide bonds. The van der Waals surface area contributed by atoms with Gasteiger partial charge in [-0.3, -0.25) is 4.79 Å². The van der Waals surface area contributed by atoms with Crippen LogP contribution in [-0.4, -0.2) is 20.1 Å². The summed E-state index contributed by atoms with van der Waals surface area (Å²) < 4.78 is 24.0. The molecule has 0 saturated heterocycles. The van der Waals surface area contributed by atoms with E-state index in [2.05, 4.69) is 5.32 Å². The highest BCUT2D eigenvalue weighted by Gasteiger charge is 2.23. The Morgan fingerprint density at radius 3 is 2.62 bits per heavy atom. The van der Waals surface area contributed by atoms with E-state index in [-0.39, 0.29) is 18.1 Å². The van der Waals surface area contributed by atoms with Crippen molar-refractivity contribution in [1.82, 2.24) is 0 Å². The van der Waals surface area contributed by atoms with Crippen LogP contribution in [0.2, 0.25) is 0 Å². The normalized spacial score (nSPS) is 15.1. The van der Waals surface area contributed by atoms with Crippen LogP contribution in [-0.2, 0) is 27.5 Å². The Balaban J connectivity index is 1.72. The molecule has 0 bridgehead atoms. The summed E-state index contributed by atoms with van der Waals surface area (Å²) in [5.41, 5.74) is 2.74. The molecule has 0 aliphatic carbocycles. The molecule has 0 spiro atoms. The zero-order chi connectivity index (χ0) is 17.2. The summed E-state index contributed by atoms with van der Waals surface area (Å²) in [6.07, 6.45) is 1.52. The summed E-state index contributed by atoms with van der Waals surface area (Å²) >= 11 is 0. The molecule has 1 heterocycles. The summed E-state index contributed by atoms with van der Waals surface area (Å²) in [6.45, 7) is 0. The highest BCUT2D eigenvalue weighted by molar-refractivity contribution is 7.91. The molecule has 0 aromatic heterocycles. The summed E-state index contributed by atoms with van der Waals surface area (Å²) in [5, 5.41) is 11.5. The van der Waals surface area contributed by atoms with E-state index in [1.54, 1.807) is 36.4 Å². The Bertz CT molecular complexity index is 926. The van der Waals surface area contributed by atoms with Gasteiger partial charge in [0.05, 0.1) is 28.7 Å². The van der Waals surface area contributed by atoms with Gasteiger partial charge < -0.3 is 5.32 Å². The van der Waals surface area contributed by atoms with E-state index in [0.29, 0.717) is 22.6 Å². The van der Waals surface area contributed by atoms with E-state index in [9.17, 15) is 13.2 Å². The zero-order valence-corrected chi connectivity index (χ0v) is 13.8. The molecule has 5 nitrogen and oxygen atoms in total. The maximum Gasteiger partial charge on any atom is 0.228 e. The first-order valence-corrected chi connectivity index (χ1v) is 9.28. The Hall–Kier alpha value is -2.65. The molecule has 0 atom stereocenters. The predicted molar refractivity (Wildman–Crippen MR) is 90.3 cm³/mol. The molecule has 0 radical (unpaired) electrons. The van der Waals surface area contributed by atoms with Crippen molar-refractivity contribution in [3.8, 4) is 6.07 Å². The molecule has 0 unspecified atom stereocenters. The van der Waals surface area contributed by atoms with E-state index in [1.807, 2.05) is 12.1 Å². The number of nitrogens with one attached hydrogen (secondary N) is 1. The molecule has 3 rings (SSSR count). The minimum Gasteiger partial charge on any atom is -0.326 e. The summed E-state index contributed by atoms with van der Waals surface area (Å²) in [7, 11) is -3.17. The van der Waals surface area contributed by atoms with Gasteiger partial charge in [0.2, 0.25) is 5.91 Å². The van der Waals surface area contributed by atoms with E-state index in [1.165, 1.54) is 0 Å². The first-order valence-electron chi connectivity index (χ1n) is 7.62. The number of carbonyl (C=O) groups excluding carboxylic acids is 1. The van der Waals surface area contributed by atoms with Gasteiger partial charge in [0.25, 0.3) is 0 Å². The minimum absolute atomic E-state index is 0.174. The molecule has 6 heteroatoms. The van der Waals surface area contributed by atoms with Crippen LogP contribution >= 0.6 is 0 Å². The van der Waals surface area contributed by atoms with Crippen molar-refractivity contribution in [2.75, 3.05) is 11.1 Å².